The van der Waals surface area contributed by atoms with Crippen molar-refractivity contribution in [3.05, 3.63) is 11.9 Å². The first-order valence-electron chi connectivity index (χ1n) is 7.61. The molecule has 1 rings (SSSR count). The van der Waals surface area contributed by atoms with Crippen LogP contribution in [-0.2, 0) is 0 Å². The number of rotatable bonds is 10. The van der Waals surface area contributed by atoms with Gasteiger partial charge in [-0.1, -0.05) is 58.4 Å². The molecule has 0 amide bonds. The molecule has 17 heavy (non-hydrogen) atoms. The third-order valence-electron chi connectivity index (χ3n) is 4.00. The van der Waals surface area contributed by atoms with Crippen LogP contribution >= 0.6 is 0 Å². The van der Waals surface area contributed by atoms with Crippen molar-refractivity contribution in [3.63, 3.8) is 0 Å². The number of hydrogen-bond acceptors (Lipinski definition) is 0. The molecular weight excluding hydrogens is 211 g/mol. The fourth-order valence-electron chi connectivity index (χ4n) is 2.49. The summed E-state index contributed by atoms with van der Waals surface area (Å²) in [6.07, 6.45) is 14.7. The van der Waals surface area contributed by atoms with Crippen LogP contribution in [-0.4, -0.2) is 0 Å². The summed E-state index contributed by atoms with van der Waals surface area (Å²) in [6, 6.07) is 0. The second kappa shape index (κ2) is 7.89. The van der Waals surface area contributed by atoms with Gasteiger partial charge in [0, 0.05) is 5.41 Å². The number of allylic oxidation sites excluding steroid dienone is 2. The summed E-state index contributed by atoms with van der Waals surface area (Å²) in [7, 11) is 0. The molecule has 0 saturated heterocycles. The Hall–Kier alpha value is -0.330. The number of halogens is 1. The monoisotopic (exact) mass is 240 g/mol. The lowest BCUT2D eigenvalue weighted by Crippen LogP contribution is -2.01. The van der Waals surface area contributed by atoms with Crippen molar-refractivity contribution in [1.29, 1.82) is 0 Å². The normalized spacial score (nSPS) is 18.4. The molecule has 0 nitrogen and oxygen atoms in total. The Kier molecular flexibility index (Phi) is 6.84. The minimum Gasteiger partial charge on any atom is -0.212 e. The van der Waals surface area contributed by atoms with Gasteiger partial charge in [-0.05, 0) is 32.1 Å². The van der Waals surface area contributed by atoms with Gasteiger partial charge in [-0.2, -0.15) is 0 Å². The highest BCUT2D eigenvalue weighted by molar-refractivity contribution is 5.15. The summed E-state index contributed by atoms with van der Waals surface area (Å²) in [6.45, 7) is 4.42. The van der Waals surface area contributed by atoms with Crippen LogP contribution in [0, 0.1) is 5.41 Å². The SMILES string of the molecule is CCCCCCC=C(F)C1(CCCCC)CC1. The van der Waals surface area contributed by atoms with Crippen LogP contribution in [0.4, 0.5) is 4.39 Å². The molecule has 1 aliphatic rings. The van der Waals surface area contributed by atoms with Crippen LogP contribution in [0.25, 0.3) is 0 Å². The molecule has 0 heterocycles. The maximum absolute atomic E-state index is 14.0. The molecule has 0 bridgehead atoms. The van der Waals surface area contributed by atoms with Gasteiger partial charge in [-0.25, -0.2) is 4.39 Å². The Morgan fingerprint density at radius 3 is 2.24 bits per heavy atom. The molecule has 0 aromatic heterocycles. The molecule has 1 fully saturated rings. The van der Waals surface area contributed by atoms with E-state index in [1.807, 2.05) is 6.08 Å². The molecule has 1 aliphatic carbocycles. The Labute approximate surface area is 107 Å². The van der Waals surface area contributed by atoms with E-state index in [9.17, 15) is 4.39 Å². The van der Waals surface area contributed by atoms with E-state index < -0.39 is 0 Å². The van der Waals surface area contributed by atoms with Gasteiger partial charge >= 0.3 is 0 Å². The summed E-state index contributed by atoms with van der Waals surface area (Å²) in [5, 5.41) is 0. The van der Waals surface area contributed by atoms with Gasteiger partial charge < -0.3 is 0 Å². The van der Waals surface area contributed by atoms with E-state index in [2.05, 4.69) is 13.8 Å². The molecule has 0 aromatic rings. The molecule has 0 aliphatic heterocycles. The van der Waals surface area contributed by atoms with E-state index in [4.69, 9.17) is 0 Å². The van der Waals surface area contributed by atoms with Crippen LogP contribution in [0.2, 0.25) is 0 Å². The fraction of sp³-hybridized carbons (Fsp3) is 0.875. The van der Waals surface area contributed by atoms with Gasteiger partial charge in [0.2, 0.25) is 0 Å². The zero-order chi connectivity index (χ0) is 12.6. The lowest BCUT2D eigenvalue weighted by molar-refractivity contribution is 0.403. The summed E-state index contributed by atoms with van der Waals surface area (Å²) in [5.41, 5.74) is -0.0000731. The van der Waals surface area contributed by atoms with E-state index in [0.717, 1.165) is 32.1 Å². The van der Waals surface area contributed by atoms with Crippen molar-refractivity contribution >= 4 is 0 Å². The zero-order valence-electron chi connectivity index (χ0n) is 11.7. The molecule has 0 atom stereocenters. The Morgan fingerprint density at radius 2 is 1.65 bits per heavy atom. The molecule has 0 N–H and O–H groups in total. The second-order valence-corrected chi connectivity index (χ2v) is 5.64. The van der Waals surface area contributed by atoms with Gasteiger partial charge in [0.05, 0.1) is 0 Å². The average molecular weight is 240 g/mol. The van der Waals surface area contributed by atoms with Crippen molar-refractivity contribution in [3.8, 4) is 0 Å². The third-order valence-corrected chi connectivity index (χ3v) is 4.00. The quantitative estimate of drug-likeness (QED) is 0.400. The summed E-state index contributed by atoms with van der Waals surface area (Å²) in [4.78, 5) is 0. The van der Waals surface area contributed by atoms with Crippen molar-refractivity contribution in [2.24, 2.45) is 5.41 Å². The van der Waals surface area contributed by atoms with E-state index in [0.29, 0.717) is 0 Å². The Morgan fingerprint density at radius 1 is 1.00 bits per heavy atom. The van der Waals surface area contributed by atoms with Gasteiger partial charge in [0.1, 0.15) is 5.83 Å². The number of unbranched alkanes of at least 4 members (excludes halogenated alkanes) is 6. The molecule has 0 aromatic carbocycles. The van der Waals surface area contributed by atoms with E-state index in [-0.39, 0.29) is 11.2 Å². The molecular formula is C16H29F. The Bertz CT molecular complexity index is 226. The van der Waals surface area contributed by atoms with Crippen LogP contribution in [0.5, 0.6) is 0 Å². The summed E-state index contributed by atoms with van der Waals surface area (Å²) < 4.78 is 14.0. The largest absolute Gasteiger partial charge is 0.212 e. The fourth-order valence-corrected chi connectivity index (χ4v) is 2.49. The highest BCUT2D eigenvalue weighted by Crippen LogP contribution is 2.56. The highest BCUT2D eigenvalue weighted by atomic mass is 19.1. The van der Waals surface area contributed by atoms with E-state index >= 15 is 0 Å². The lowest BCUT2D eigenvalue weighted by Gasteiger charge is -2.12. The van der Waals surface area contributed by atoms with Crippen molar-refractivity contribution in [2.75, 3.05) is 0 Å². The molecule has 0 radical (unpaired) electrons. The van der Waals surface area contributed by atoms with E-state index in [1.165, 1.54) is 38.5 Å². The molecule has 0 spiro atoms. The second-order valence-electron chi connectivity index (χ2n) is 5.64. The first kappa shape index (κ1) is 14.7. The van der Waals surface area contributed by atoms with Crippen LogP contribution in [0.15, 0.2) is 11.9 Å². The predicted octanol–water partition coefficient (Wildman–Crippen LogP) is 6.17. The molecule has 100 valence electrons. The van der Waals surface area contributed by atoms with E-state index in [1.54, 1.807) is 0 Å². The molecule has 0 unspecified atom stereocenters. The minimum atomic E-state index is -0.0000731. The van der Waals surface area contributed by atoms with Gasteiger partial charge in [0.15, 0.2) is 0 Å². The van der Waals surface area contributed by atoms with Crippen LogP contribution in [0.1, 0.15) is 84.5 Å². The van der Waals surface area contributed by atoms with Gasteiger partial charge in [-0.15, -0.1) is 0 Å². The molecule has 1 heteroatoms. The maximum Gasteiger partial charge on any atom is 0.102 e. The van der Waals surface area contributed by atoms with Crippen LogP contribution in [0.3, 0.4) is 0 Å². The van der Waals surface area contributed by atoms with Crippen LogP contribution < -0.4 is 0 Å². The first-order valence-corrected chi connectivity index (χ1v) is 7.61. The number of hydrogen-bond donors (Lipinski definition) is 0. The average Bonchev–Trinajstić information content (AvgIpc) is 3.10. The minimum absolute atomic E-state index is 0.0000731. The van der Waals surface area contributed by atoms with Gasteiger partial charge in [-0.3, -0.25) is 0 Å². The van der Waals surface area contributed by atoms with Crippen molar-refractivity contribution < 1.29 is 4.39 Å². The van der Waals surface area contributed by atoms with Crippen molar-refractivity contribution in [2.45, 2.75) is 84.5 Å². The first-order chi connectivity index (χ1) is 8.25. The summed E-state index contributed by atoms with van der Waals surface area (Å²) in [5.74, 6) is 0.213. The summed E-state index contributed by atoms with van der Waals surface area (Å²) >= 11 is 0. The lowest BCUT2D eigenvalue weighted by atomic mass is 9.96. The highest BCUT2D eigenvalue weighted by Gasteiger charge is 2.45. The van der Waals surface area contributed by atoms with Crippen molar-refractivity contribution in [1.82, 2.24) is 0 Å². The maximum atomic E-state index is 14.0. The third kappa shape index (κ3) is 5.23. The zero-order valence-corrected chi connectivity index (χ0v) is 11.7. The predicted molar refractivity (Wildman–Crippen MR) is 73.8 cm³/mol. The Balaban J connectivity index is 2.20. The molecule has 1 saturated carbocycles. The van der Waals surface area contributed by atoms with Gasteiger partial charge in [0.25, 0.3) is 0 Å². The standard InChI is InChI=1S/C16H29F/c1-3-5-7-8-9-11-15(17)16(13-14-16)12-10-6-4-2/h11H,3-10,12-14H2,1-2H3. The topological polar surface area (TPSA) is 0 Å². The smallest absolute Gasteiger partial charge is 0.102 e.